The predicted molar refractivity (Wildman–Crippen MR) is 75.2 cm³/mol. The van der Waals surface area contributed by atoms with Gasteiger partial charge in [-0.3, -0.25) is 4.79 Å². The fraction of sp³-hybridized carbons (Fsp3) is 0.467. The van der Waals surface area contributed by atoms with Gasteiger partial charge in [-0.1, -0.05) is 30.3 Å². The second-order valence-corrected chi connectivity index (χ2v) is 4.63. The Morgan fingerprint density at radius 1 is 1.37 bits per heavy atom. The Bertz CT molecular complexity index is 456. The molecule has 0 radical (unpaired) electrons. The third kappa shape index (κ3) is 3.56. The molecule has 0 saturated carbocycles. The van der Waals surface area contributed by atoms with Crippen molar-refractivity contribution in [2.24, 2.45) is 4.99 Å². The van der Waals surface area contributed by atoms with Crippen LogP contribution in [0.15, 0.2) is 35.3 Å². The van der Waals surface area contributed by atoms with Crippen molar-refractivity contribution >= 4 is 11.8 Å². The van der Waals surface area contributed by atoms with Gasteiger partial charge >= 0.3 is 0 Å². The molecule has 1 atom stereocenters. The molecule has 0 fully saturated rings. The summed E-state index contributed by atoms with van der Waals surface area (Å²) in [6.07, 6.45) is 0.860. The number of ether oxygens (including phenoxy) is 1. The molecule has 4 heteroatoms. The summed E-state index contributed by atoms with van der Waals surface area (Å²) in [6, 6.07) is 9.86. The Kier molecular flexibility index (Phi) is 4.55. The zero-order chi connectivity index (χ0) is 13.7. The number of aliphatic imine (C=N–C) groups is 1. The lowest BCUT2D eigenvalue weighted by molar-refractivity contribution is -0.132. The summed E-state index contributed by atoms with van der Waals surface area (Å²) in [7, 11) is 0. The van der Waals surface area contributed by atoms with Gasteiger partial charge in [0.1, 0.15) is 6.04 Å². The van der Waals surface area contributed by atoms with Crippen LogP contribution in [-0.2, 0) is 16.0 Å². The van der Waals surface area contributed by atoms with E-state index in [-0.39, 0.29) is 11.9 Å². The highest BCUT2D eigenvalue weighted by Gasteiger charge is 2.27. The van der Waals surface area contributed by atoms with Crippen molar-refractivity contribution in [3.63, 3.8) is 0 Å². The van der Waals surface area contributed by atoms with Crippen LogP contribution < -0.4 is 0 Å². The lowest BCUT2D eigenvalue weighted by Crippen LogP contribution is -2.46. The molecular formula is C15H20N2O2. The van der Waals surface area contributed by atoms with Crippen LogP contribution in [0.4, 0.5) is 0 Å². The van der Waals surface area contributed by atoms with Crippen LogP contribution in [0.3, 0.4) is 0 Å². The molecule has 1 aromatic carbocycles. The molecule has 1 aliphatic heterocycles. The highest BCUT2D eigenvalue weighted by atomic mass is 16.5. The molecule has 0 aromatic heterocycles. The van der Waals surface area contributed by atoms with Gasteiger partial charge in [-0.15, -0.1) is 0 Å². The van der Waals surface area contributed by atoms with Crippen LogP contribution in [0.5, 0.6) is 0 Å². The Hall–Kier alpha value is -1.84. The van der Waals surface area contributed by atoms with Gasteiger partial charge in [0, 0.05) is 6.54 Å². The van der Waals surface area contributed by atoms with E-state index >= 15 is 0 Å². The average molecular weight is 260 g/mol. The van der Waals surface area contributed by atoms with E-state index in [4.69, 9.17) is 4.74 Å². The second kappa shape index (κ2) is 6.36. The first-order valence-corrected chi connectivity index (χ1v) is 6.73. The first kappa shape index (κ1) is 13.6. The van der Waals surface area contributed by atoms with Gasteiger partial charge in [-0.25, -0.2) is 4.99 Å². The van der Waals surface area contributed by atoms with Crippen molar-refractivity contribution in [2.45, 2.75) is 26.3 Å². The van der Waals surface area contributed by atoms with E-state index in [1.807, 2.05) is 36.9 Å². The first-order valence-electron chi connectivity index (χ1n) is 6.73. The van der Waals surface area contributed by atoms with Gasteiger partial charge in [0.05, 0.1) is 13.2 Å². The van der Waals surface area contributed by atoms with E-state index in [1.54, 1.807) is 0 Å². The summed E-state index contributed by atoms with van der Waals surface area (Å²) >= 11 is 0. The minimum absolute atomic E-state index is 0.0828. The summed E-state index contributed by atoms with van der Waals surface area (Å²) < 4.78 is 5.44. The molecule has 19 heavy (non-hydrogen) atoms. The normalized spacial score (nSPS) is 19.3. The molecule has 0 saturated heterocycles. The maximum absolute atomic E-state index is 12.1. The highest BCUT2D eigenvalue weighted by Crippen LogP contribution is 2.10. The Morgan fingerprint density at radius 3 is 2.79 bits per heavy atom. The number of benzene rings is 1. The fourth-order valence-corrected chi connectivity index (χ4v) is 2.16. The first-order chi connectivity index (χ1) is 9.20. The van der Waals surface area contributed by atoms with Crippen molar-refractivity contribution in [1.82, 2.24) is 4.90 Å². The summed E-state index contributed by atoms with van der Waals surface area (Å²) in [5.41, 5.74) is 1.24. The third-order valence-corrected chi connectivity index (χ3v) is 3.16. The van der Waals surface area contributed by atoms with Gasteiger partial charge in [-0.05, 0) is 25.8 Å². The number of amides is 1. The molecular weight excluding hydrogens is 240 g/mol. The summed E-state index contributed by atoms with van der Waals surface area (Å²) in [5.74, 6) is 0.752. The second-order valence-electron chi connectivity index (χ2n) is 4.63. The minimum atomic E-state index is -0.328. The monoisotopic (exact) mass is 260 g/mol. The molecule has 2 rings (SSSR count). The smallest absolute Gasteiger partial charge is 0.247 e. The molecule has 1 aromatic rings. The van der Waals surface area contributed by atoms with Crippen LogP contribution in [-0.4, -0.2) is 42.4 Å². The predicted octanol–water partition coefficient (Wildman–Crippen LogP) is 1.89. The van der Waals surface area contributed by atoms with Crippen molar-refractivity contribution in [2.75, 3.05) is 19.7 Å². The van der Waals surface area contributed by atoms with E-state index in [2.05, 4.69) is 17.1 Å². The van der Waals surface area contributed by atoms with Gasteiger partial charge < -0.3 is 9.64 Å². The number of hydrogen-bond acceptors (Lipinski definition) is 3. The molecule has 0 spiro atoms. The number of hydrogen-bond donors (Lipinski definition) is 0. The lowest BCUT2D eigenvalue weighted by Gasteiger charge is -2.29. The van der Waals surface area contributed by atoms with Crippen LogP contribution in [0.2, 0.25) is 0 Å². The Labute approximate surface area is 114 Å². The van der Waals surface area contributed by atoms with Crippen molar-refractivity contribution in [3.8, 4) is 0 Å². The lowest BCUT2D eigenvalue weighted by atomic mass is 10.1. The van der Waals surface area contributed by atoms with Gasteiger partial charge in [0.15, 0.2) is 0 Å². The van der Waals surface area contributed by atoms with Crippen LogP contribution in [0.25, 0.3) is 0 Å². The number of nitrogens with zero attached hydrogens (tertiary/aromatic N) is 2. The number of rotatable bonds is 4. The van der Waals surface area contributed by atoms with Crippen LogP contribution in [0, 0.1) is 0 Å². The van der Waals surface area contributed by atoms with Gasteiger partial charge in [0.2, 0.25) is 11.8 Å². The SMILES string of the molecule is CCOC1=N[C@H](C)C(=O)N(CCc2ccccc2)C1. The highest BCUT2D eigenvalue weighted by molar-refractivity contribution is 5.93. The minimum Gasteiger partial charge on any atom is -0.480 e. The molecule has 1 aliphatic rings. The van der Waals surface area contributed by atoms with E-state index < -0.39 is 0 Å². The van der Waals surface area contributed by atoms with Crippen molar-refractivity contribution in [1.29, 1.82) is 0 Å². The zero-order valence-corrected chi connectivity index (χ0v) is 11.5. The molecule has 0 aliphatic carbocycles. The summed E-state index contributed by atoms with van der Waals surface area (Å²) in [6.45, 7) is 5.53. The largest absolute Gasteiger partial charge is 0.480 e. The van der Waals surface area contributed by atoms with E-state index in [9.17, 15) is 4.79 Å². The fourth-order valence-electron chi connectivity index (χ4n) is 2.16. The van der Waals surface area contributed by atoms with Crippen LogP contribution in [0.1, 0.15) is 19.4 Å². The van der Waals surface area contributed by atoms with Crippen molar-refractivity contribution in [3.05, 3.63) is 35.9 Å². The number of carbonyl (C=O) groups excluding carboxylic acids is 1. The standard InChI is InChI=1S/C15H20N2O2/c1-3-19-14-11-17(15(18)12(2)16-14)10-9-13-7-5-4-6-8-13/h4-8,12H,3,9-11H2,1-2H3/t12-/m1/s1. The maximum atomic E-state index is 12.1. The molecule has 1 heterocycles. The van der Waals surface area contributed by atoms with Gasteiger partial charge in [0.25, 0.3) is 0 Å². The molecule has 1 amide bonds. The van der Waals surface area contributed by atoms with Crippen LogP contribution >= 0.6 is 0 Å². The quantitative estimate of drug-likeness (QED) is 0.829. The van der Waals surface area contributed by atoms with Crippen molar-refractivity contribution < 1.29 is 9.53 Å². The summed E-state index contributed by atoms with van der Waals surface area (Å²) in [5, 5.41) is 0. The Balaban J connectivity index is 1.96. The van der Waals surface area contributed by atoms with E-state index in [0.717, 1.165) is 6.42 Å². The van der Waals surface area contributed by atoms with Gasteiger partial charge in [-0.2, -0.15) is 0 Å². The molecule has 0 N–H and O–H groups in total. The Morgan fingerprint density at radius 2 is 2.11 bits per heavy atom. The molecule has 0 bridgehead atoms. The van der Waals surface area contributed by atoms with E-state index in [1.165, 1.54) is 5.56 Å². The third-order valence-electron chi connectivity index (χ3n) is 3.16. The average Bonchev–Trinajstić information content (AvgIpc) is 2.42. The maximum Gasteiger partial charge on any atom is 0.247 e. The molecule has 102 valence electrons. The molecule has 4 nitrogen and oxygen atoms in total. The topological polar surface area (TPSA) is 41.9 Å². The number of carbonyl (C=O) groups is 1. The van der Waals surface area contributed by atoms with E-state index in [0.29, 0.717) is 25.6 Å². The summed E-state index contributed by atoms with van der Waals surface area (Å²) in [4.78, 5) is 18.2. The molecule has 0 unspecified atom stereocenters. The zero-order valence-electron chi connectivity index (χ0n) is 11.5.